The van der Waals surface area contributed by atoms with Crippen molar-refractivity contribution in [2.75, 3.05) is 18.4 Å². The summed E-state index contributed by atoms with van der Waals surface area (Å²) in [6.07, 6.45) is 0. The second-order valence-corrected chi connectivity index (χ2v) is 8.72. The molecule has 3 rings (SSSR count). The van der Waals surface area contributed by atoms with Crippen molar-refractivity contribution in [2.24, 2.45) is 0 Å². The van der Waals surface area contributed by atoms with Crippen LogP contribution in [0.5, 0.6) is 0 Å². The Bertz CT molecular complexity index is 1190. The lowest BCUT2D eigenvalue weighted by Crippen LogP contribution is -2.30. The fourth-order valence-corrected chi connectivity index (χ4v) is 4.85. The summed E-state index contributed by atoms with van der Waals surface area (Å²) in [6.45, 7) is 4.29. The van der Waals surface area contributed by atoms with E-state index in [1.165, 1.54) is 34.6 Å². The van der Waals surface area contributed by atoms with Gasteiger partial charge in [0.05, 0.1) is 16.5 Å². The van der Waals surface area contributed by atoms with Gasteiger partial charge in [-0.15, -0.1) is 0 Å². The molecule has 0 radical (unpaired) electrons. The summed E-state index contributed by atoms with van der Waals surface area (Å²) >= 11 is 6.14. The Morgan fingerprint density at radius 3 is 2.61 bits per heavy atom. The van der Waals surface area contributed by atoms with Crippen LogP contribution in [0, 0.1) is 10.1 Å². The van der Waals surface area contributed by atoms with Crippen molar-refractivity contribution in [2.45, 2.75) is 25.3 Å². The molecule has 0 atom stereocenters. The maximum atomic E-state index is 12.8. The van der Waals surface area contributed by atoms with Gasteiger partial charge in [0.2, 0.25) is 21.7 Å². The molecule has 31 heavy (non-hydrogen) atoms. The third-order valence-corrected chi connectivity index (χ3v) is 7.01. The minimum absolute atomic E-state index is 0.00526. The molecular weight excluding hydrogens is 446 g/mol. The Kier molecular flexibility index (Phi) is 6.88. The van der Waals surface area contributed by atoms with Crippen LogP contribution >= 0.6 is 11.6 Å². The number of benzene rings is 2. The molecule has 0 saturated heterocycles. The normalized spacial score (nSPS) is 11.6. The summed E-state index contributed by atoms with van der Waals surface area (Å²) in [5.41, 5.74) is 0.874. The number of nitrogens with zero attached hydrogens (tertiary/aromatic N) is 4. The van der Waals surface area contributed by atoms with Crippen LogP contribution in [-0.2, 0) is 16.6 Å². The lowest BCUT2D eigenvalue weighted by molar-refractivity contribution is -0.384. The number of hydrogen-bond acceptors (Lipinski definition) is 8. The highest BCUT2D eigenvalue weighted by atomic mass is 35.5. The maximum absolute atomic E-state index is 12.8. The van der Waals surface area contributed by atoms with E-state index in [1.807, 2.05) is 0 Å². The topological polar surface area (TPSA) is 131 Å². The molecule has 0 aliphatic carbocycles. The lowest BCUT2D eigenvalue weighted by atomic mass is 10.2. The molecule has 1 N–H and O–H groups in total. The molecule has 0 aliphatic rings. The zero-order valence-corrected chi connectivity index (χ0v) is 18.4. The van der Waals surface area contributed by atoms with E-state index < -0.39 is 14.9 Å². The van der Waals surface area contributed by atoms with E-state index in [0.29, 0.717) is 24.3 Å². The average molecular weight is 466 g/mol. The monoisotopic (exact) mass is 465 g/mol. The third kappa shape index (κ3) is 5.01. The van der Waals surface area contributed by atoms with Crippen molar-refractivity contribution in [3.8, 4) is 11.4 Å². The number of aromatic nitrogens is 2. The maximum Gasteiger partial charge on any atom is 0.270 e. The molecule has 12 heteroatoms. The molecule has 0 aliphatic heterocycles. The van der Waals surface area contributed by atoms with Crippen LogP contribution in [0.1, 0.15) is 19.7 Å². The van der Waals surface area contributed by atoms with E-state index in [1.54, 1.807) is 26.0 Å². The minimum atomic E-state index is -3.73. The zero-order chi connectivity index (χ0) is 22.6. The van der Waals surface area contributed by atoms with Gasteiger partial charge in [-0.1, -0.05) is 42.7 Å². The number of nitro benzene ring substituents is 1. The summed E-state index contributed by atoms with van der Waals surface area (Å²) in [6, 6.07) is 10.5. The molecule has 2 aromatic carbocycles. The quantitative estimate of drug-likeness (QED) is 0.371. The second kappa shape index (κ2) is 9.41. The van der Waals surface area contributed by atoms with Gasteiger partial charge < -0.3 is 9.84 Å². The van der Waals surface area contributed by atoms with Crippen LogP contribution in [0.25, 0.3) is 11.4 Å². The smallest absolute Gasteiger partial charge is 0.270 e. The van der Waals surface area contributed by atoms with Crippen LogP contribution in [0.3, 0.4) is 0 Å². The van der Waals surface area contributed by atoms with Gasteiger partial charge in [0.25, 0.3) is 5.69 Å². The minimum Gasteiger partial charge on any atom is -0.376 e. The number of anilines is 1. The Morgan fingerprint density at radius 1 is 1.19 bits per heavy atom. The molecule has 0 spiro atoms. The largest absolute Gasteiger partial charge is 0.376 e. The summed E-state index contributed by atoms with van der Waals surface area (Å²) in [5, 5.41) is 17.9. The van der Waals surface area contributed by atoms with Gasteiger partial charge in [0, 0.05) is 36.5 Å². The van der Waals surface area contributed by atoms with Crippen molar-refractivity contribution in [1.29, 1.82) is 0 Å². The van der Waals surface area contributed by atoms with Gasteiger partial charge in [-0.05, 0) is 18.2 Å². The fraction of sp³-hybridized carbons (Fsp3) is 0.263. The molecular formula is C19H20ClN5O5S. The van der Waals surface area contributed by atoms with Crippen molar-refractivity contribution >= 4 is 33.0 Å². The second-order valence-electron chi connectivity index (χ2n) is 6.41. The van der Waals surface area contributed by atoms with Gasteiger partial charge in [0.1, 0.15) is 4.90 Å². The standard InChI is InChI=1S/C19H20ClN5O5S/c1-3-24(4-2)31(28,29)17-11-14(8-9-16(17)20)21-12-18-22-19(23-30-18)13-6-5-7-15(10-13)25(26)27/h5-11,21H,3-4,12H2,1-2H3. The van der Waals surface area contributed by atoms with Crippen LogP contribution in [0.4, 0.5) is 11.4 Å². The Morgan fingerprint density at radius 2 is 1.94 bits per heavy atom. The van der Waals surface area contributed by atoms with Crippen LogP contribution in [0.2, 0.25) is 5.02 Å². The van der Waals surface area contributed by atoms with E-state index in [2.05, 4.69) is 15.5 Å². The van der Waals surface area contributed by atoms with E-state index in [0.717, 1.165) is 0 Å². The summed E-state index contributed by atoms with van der Waals surface area (Å²) in [5.74, 6) is 0.436. The number of nitrogens with one attached hydrogen (secondary N) is 1. The first kappa shape index (κ1) is 22.7. The van der Waals surface area contributed by atoms with Crippen LogP contribution in [-0.4, -0.2) is 40.9 Å². The van der Waals surface area contributed by atoms with E-state index in [-0.39, 0.29) is 33.9 Å². The Balaban J connectivity index is 1.77. The molecule has 10 nitrogen and oxygen atoms in total. The molecule has 0 saturated carbocycles. The predicted octanol–water partition coefficient (Wildman–Crippen LogP) is 3.94. The highest BCUT2D eigenvalue weighted by Crippen LogP contribution is 2.28. The number of nitro groups is 1. The highest BCUT2D eigenvalue weighted by molar-refractivity contribution is 7.89. The number of sulfonamides is 1. The van der Waals surface area contributed by atoms with Crippen molar-refractivity contribution in [1.82, 2.24) is 14.4 Å². The molecule has 1 aromatic heterocycles. The molecule has 1 heterocycles. The van der Waals surface area contributed by atoms with Crippen LogP contribution in [0.15, 0.2) is 51.9 Å². The Hall–Kier alpha value is -3.02. The predicted molar refractivity (Wildman–Crippen MR) is 115 cm³/mol. The number of rotatable bonds is 9. The van der Waals surface area contributed by atoms with Crippen molar-refractivity contribution < 1.29 is 17.9 Å². The van der Waals surface area contributed by atoms with Crippen molar-refractivity contribution in [3.63, 3.8) is 0 Å². The SMILES string of the molecule is CCN(CC)S(=O)(=O)c1cc(NCc2nc(-c3cccc([N+](=O)[O-])c3)no2)ccc1Cl. The fourth-order valence-electron chi connectivity index (χ4n) is 2.89. The van der Waals surface area contributed by atoms with Crippen molar-refractivity contribution in [3.05, 3.63) is 63.5 Å². The van der Waals surface area contributed by atoms with Gasteiger partial charge in [-0.25, -0.2) is 8.42 Å². The lowest BCUT2D eigenvalue weighted by Gasteiger charge is -2.19. The average Bonchev–Trinajstić information content (AvgIpc) is 3.23. The first-order chi connectivity index (χ1) is 14.8. The third-order valence-electron chi connectivity index (χ3n) is 4.48. The summed E-state index contributed by atoms with van der Waals surface area (Å²) in [7, 11) is -3.73. The van der Waals surface area contributed by atoms with E-state index in [9.17, 15) is 18.5 Å². The highest BCUT2D eigenvalue weighted by Gasteiger charge is 2.24. The van der Waals surface area contributed by atoms with Gasteiger partial charge in [-0.2, -0.15) is 9.29 Å². The van der Waals surface area contributed by atoms with Gasteiger partial charge >= 0.3 is 0 Å². The van der Waals surface area contributed by atoms with Gasteiger partial charge in [-0.3, -0.25) is 10.1 Å². The molecule has 0 amide bonds. The molecule has 0 fully saturated rings. The summed E-state index contributed by atoms with van der Waals surface area (Å²) in [4.78, 5) is 14.7. The number of hydrogen-bond donors (Lipinski definition) is 1. The van der Waals surface area contributed by atoms with Crippen LogP contribution < -0.4 is 5.32 Å². The summed E-state index contributed by atoms with van der Waals surface area (Å²) < 4.78 is 32.1. The number of halogens is 1. The van der Waals surface area contributed by atoms with E-state index in [4.69, 9.17) is 16.1 Å². The first-order valence-electron chi connectivity index (χ1n) is 9.37. The first-order valence-corrected chi connectivity index (χ1v) is 11.2. The molecule has 3 aromatic rings. The molecule has 0 bridgehead atoms. The molecule has 164 valence electrons. The van der Waals surface area contributed by atoms with Gasteiger partial charge in [0.15, 0.2) is 0 Å². The molecule has 0 unspecified atom stereocenters. The number of non-ortho nitro benzene ring substituents is 1. The van der Waals surface area contributed by atoms with E-state index >= 15 is 0 Å². The Labute approximate surface area is 184 Å². The zero-order valence-electron chi connectivity index (χ0n) is 16.8.